The lowest BCUT2D eigenvalue weighted by atomic mass is 9.83. The van der Waals surface area contributed by atoms with Gasteiger partial charge in [0.2, 0.25) is 0 Å². The molecule has 1 fully saturated rings. The van der Waals surface area contributed by atoms with Gasteiger partial charge in [-0.3, -0.25) is 4.79 Å². The van der Waals surface area contributed by atoms with Crippen molar-refractivity contribution in [3.8, 4) is 0 Å². The lowest BCUT2D eigenvalue weighted by Crippen LogP contribution is -2.21. The molecule has 4 nitrogen and oxygen atoms in total. The van der Waals surface area contributed by atoms with E-state index in [9.17, 15) is 15.0 Å². The lowest BCUT2D eigenvalue weighted by molar-refractivity contribution is -0.147. The summed E-state index contributed by atoms with van der Waals surface area (Å²) in [5.74, 6) is 1.07. The molecule has 5 atom stereocenters. The number of hydrogen-bond donors (Lipinski definition) is 2. The van der Waals surface area contributed by atoms with Crippen molar-refractivity contribution in [2.24, 2.45) is 17.8 Å². The van der Waals surface area contributed by atoms with Crippen molar-refractivity contribution in [2.75, 3.05) is 0 Å². The minimum atomic E-state index is -0.285. The van der Waals surface area contributed by atoms with Gasteiger partial charge in [-0.25, -0.2) is 0 Å². The minimum Gasteiger partial charge on any atom is -0.463 e. The molecule has 0 unspecified atom stereocenters. The second-order valence-electron chi connectivity index (χ2n) is 9.50. The van der Waals surface area contributed by atoms with E-state index >= 15 is 0 Å². The zero-order valence-corrected chi connectivity index (χ0v) is 19.6. The van der Waals surface area contributed by atoms with Crippen LogP contribution in [-0.2, 0) is 16.0 Å². The number of carbonyl (C=O) groups excluding carboxylic acids is 1. The van der Waals surface area contributed by atoms with E-state index in [0.29, 0.717) is 18.3 Å². The van der Waals surface area contributed by atoms with Crippen molar-refractivity contribution in [1.82, 2.24) is 0 Å². The molecule has 1 aromatic carbocycles. The molecule has 1 aliphatic carbocycles. The summed E-state index contributed by atoms with van der Waals surface area (Å²) in [7, 11) is 0. The van der Waals surface area contributed by atoms with Crippen LogP contribution in [0, 0.1) is 17.8 Å². The molecule has 0 aliphatic heterocycles. The van der Waals surface area contributed by atoms with Crippen LogP contribution in [0.3, 0.4) is 0 Å². The van der Waals surface area contributed by atoms with Crippen molar-refractivity contribution in [3.63, 3.8) is 0 Å². The maximum absolute atomic E-state index is 11.6. The number of ether oxygens (including phenoxy) is 1. The van der Waals surface area contributed by atoms with Gasteiger partial charge in [-0.1, -0.05) is 49.4 Å². The highest BCUT2D eigenvalue weighted by atomic mass is 16.5. The fourth-order valence-corrected chi connectivity index (χ4v) is 4.83. The summed E-state index contributed by atoms with van der Waals surface area (Å²) in [6, 6.07) is 10.3. The first-order valence-electron chi connectivity index (χ1n) is 12.1. The Morgan fingerprint density at radius 1 is 1.16 bits per heavy atom. The Kier molecular flexibility index (Phi) is 11.3. The standard InChI is InChI=1S/C27H42O4/c1-20(2)31-27(30)14-10-5-4-9-13-25-24(21(3)19-26(25)29)18-17-23(28)16-15-22-11-7-6-8-12-22/h4,6-9,11-12,20-21,23-26,28-29H,5,10,13-19H2,1-3H3/b9-4-/t21-,23+,24+,25-,26+/m1/s1. The number of aliphatic hydroxyl groups excluding tert-OH is 2. The van der Waals surface area contributed by atoms with Gasteiger partial charge in [-0.2, -0.15) is 0 Å². The molecule has 174 valence electrons. The van der Waals surface area contributed by atoms with E-state index < -0.39 is 0 Å². The van der Waals surface area contributed by atoms with Crippen LogP contribution in [0.5, 0.6) is 0 Å². The lowest BCUT2D eigenvalue weighted by Gasteiger charge is -2.24. The van der Waals surface area contributed by atoms with E-state index in [-0.39, 0.29) is 30.2 Å². The zero-order chi connectivity index (χ0) is 22.6. The molecular formula is C27H42O4. The number of carbonyl (C=O) groups is 1. The summed E-state index contributed by atoms with van der Waals surface area (Å²) >= 11 is 0. The van der Waals surface area contributed by atoms with Gasteiger partial charge in [-0.05, 0) is 88.5 Å². The topological polar surface area (TPSA) is 66.8 Å². The van der Waals surface area contributed by atoms with Crippen LogP contribution in [0.25, 0.3) is 0 Å². The molecule has 1 aromatic rings. The molecule has 0 heterocycles. The van der Waals surface area contributed by atoms with Crippen LogP contribution >= 0.6 is 0 Å². The molecule has 1 aliphatic rings. The maximum Gasteiger partial charge on any atom is 0.306 e. The average Bonchev–Trinajstić information content (AvgIpc) is 3.00. The quantitative estimate of drug-likeness (QED) is 0.248. The zero-order valence-electron chi connectivity index (χ0n) is 19.6. The molecule has 0 radical (unpaired) electrons. The van der Waals surface area contributed by atoms with Crippen LogP contribution < -0.4 is 0 Å². The number of aliphatic hydroxyl groups is 2. The van der Waals surface area contributed by atoms with E-state index in [0.717, 1.165) is 51.4 Å². The predicted octanol–water partition coefficient (Wildman–Crippen LogP) is 5.46. The molecule has 31 heavy (non-hydrogen) atoms. The predicted molar refractivity (Wildman–Crippen MR) is 126 cm³/mol. The first-order chi connectivity index (χ1) is 14.9. The number of aryl methyl sites for hydroxylation is 1. The van der Waals surface area contributed by atoms with Crippen LogP contribution in [0.2, 0.25) is 0 Å². The molecule has 0 saturated heterocycles. The van der Waals surface area contributed by atoms with Crippen molar-refractivity contribution in [1.29, 1.82) is 0 Å². The van der Waals surface area contributed by atoms with Gasteiger partial charge >= 0.3 is 5.97 Å². The highest BCUT2D eigenvalue weighted by Gasteiger charge is 2.39. The molecule has 0 aromatic heterocycles. The van der Waals surface area contributed by atoms with Gasteiger partial charge in [0.1, 0.15) is 0 Å². The van der Waals surface area contributed by atoms with Crippen LogP contribution in [0.1, 0.15) is 77.7 Å². The van der Waals surface area contributed by atoms with Crippen molar-refractivity contribution < 1.29 is 19.7 Å². The number of hydrogen-bond acceptors (Lipinski definition) is 4. The van der Waals surface area contributed by atoms with Gasteiger partial charge in [0.15, 0.2) is 0 Å². The molecule has 0 amide bonds. The number of unbranched alkanes of at least 4 members (excludes halogenated alkanes) is 1. The number of esters is 1. The SMILES string of the molecule is CC(C)OC(=O)CCC/C=C\C[C@@H]1[C@@H](CC[C@@H](O)CCc2ccccc2)[C@H](C)C[C@@H]1O. The number of rotatable bonds is 13. The Hall–Kier alpha value is -1.65. The molecular weight excluding hydrogens is 388 g/mol. The summed E-state index contributed by atoms with van der Waals surface area (Å²) in [5, 5.41) is 21.0. The molecule has 4 heteroatoms. The molecule has 2 rings (SSSR count). The first kappa shape index (κ1) is 25.6. The van der Waals surface area contributed by atoms with E-state index in [2.05, 4.69) is 31.2 Å². The van der Waals surface area contributed by atoms with Gasteiger partial charge in [-0.15, -0.1) is 0 Å². The van der Waals surface area contributed by atoms with E-state index in [1.807, 2.05) is 32.0 Å². The van der Waals surface area contributed by atoms with Crippen LogP contribution in [0.15, 0.2) is 42.5 Å². The third-order valence-corrected chi connectivity index (χ3v) is 6.52. The number of allylic oxidation sites excluding steroid dienone is 2. The maximum atomic E-state index is 11.6. The van der Waals surface area contributed by atoms with Crippen LogP contribution in [0.4, 0.5) is 0 Å². The molecule has 0 bridgehead atoms. The van der Waals surface area contributed by atoms with E-state index in [4.69, 9.17) is 4.74 Å². The van der Waals surface area contributed by atoms with E-state index in [1.165, 1.54) is 5.56 Å². The van der Waals surface area contributed by atoms with Crippen molar-refractivity contribution >= 4 is 5.97 Å². The monoisotopic (exact) mass is 430 g/mol. The largest absolute Gasteiger partial charge is 0.463 e. The molecule has 0 spiro atoms. The highest BCUT2D eigenvalue weighted by molar-refractivity contribution is 5.69. The molecule has 2 N–H and O–H groups in total. The Balaban J connectivity index is 1.70. The van der Waals surface area contributed by atoms with E-state index in [1.54, 1.807) is 0 Å². The average molecular weight is 431 g/mol. The fraction of sp³-hybridized carbons (Fsp3) is 0.667. The number of benzene rings is 1. The Morgan fingerprint density at radius 3 is 2.61 bits per heavy atom. The Morgan fingerprint density at radius 2 is 1.90 bits per heavy atom. The third kappa shape index (κ3) is 9.57. The summed E-state index contributed by atoms with van der Waals surface area (Å²) in [6.45, 7) is 5.96. The van der Waals surface area contributed by atoms with Gasteiger partial charge in [0, 0.05) is 6.42 Å². The first-order valence-corrected chi connectivity index (χ1v) is 12.1. The van der Waals surface area contributed by atoms with Gasteiger partial charge in [0.25, 0.3) is 0 Å². The second-order valence-corrected chi connectivity index (χ2v) is 9.50. The third-order valence-electron chi connectivity index (χ3n) is 6.52. The van der Waals surface area contributed by atoms with Crippen molar-refractivity contribution in [3.05, 3.63) is 48.0 Å². The van der Waals surface area contributed by atoms with Crippen molar-refractivity contribution in [2.45, 2.75) is 96.9 Å². The summed E-state index contributed by atoms with van der Waals surface area (Å²) in [6.07, 6.45) is 11.0. The second kappa shape index (κ2) is 13.7. The van der Waals surface area contributed by atoms with Gasteiger partial charge in [0.05, 0.1) is 18.3 Å². The normalized spacial score (nSPS) is 24.7. The summed E-state index contributed by atoms with van der Waals surface area (Å²) in [5.41, 5.74) is 1.27. The molecule has 1 saturated carbocycles. The smallest absolute Gasteiger partial charge is 0.306 e. The van der Waals surface area contributed by atoms with Crippen LogP contribution in [-0.4, -0.2) is 34.5 Å². The minimum absolute atomic E-state index is 0.0531. The Labute approximate surface area is 188 Å². The Bertz CT molecular complexity index is 654. The van der Waals surface area contributed by atoms with Gasteiger partial charge < -0.3 is 14.9 Å². The summed E-state index contributed by atoms with van der Waals surface area (Å²) < 4.78 is 5.15. The summed E-state index contributed by atoms with van der Waals surface area (Å²) in [4.78, 5) is 11.6. The highest BCUT2D eigenvalue weighted by Crippen LogP contribution is 2.42. The fourth-order valence-electron chi connectivity index (χ4n) is 4.83.